The van der Waals surface area contributed by atoms with Gasteiger partial charge in [-0.05, 0) is 13.8 Å². The molecule has 80 valence electrons. The van der Waals surface area contributed by atoms with Gasteiger partial charge >= 0.3 is 0 Å². The third kappa shape index (κ3) is 586. The Bertz CT molecular complexity index is 149. The van der Waals surface area contributed by atoms with Crippen LogP contribution < -0.4 is 5.32 Å². The molecule has 0 aromatic heterocycles. The van der Waals surface area contributed by atoms with Gasteiger partial charge in [-0.15, -0.1) is 0 Å². The summed E-state index contributed by atoms with van der Waals surface area (Å²) < 4.78 is 9.56. The van der Waals surface area contributed by atoms with E-state index in [9.17, 15) is 13.8 Å². The highest BCUT2D eigenvalue weighted by atomic mass is 32.2. The topological polar surface area (TPSA) is 63.2 Å². The van der Waals surface area contributed by atoms with Crippen molar-refractivity contribution in [2.45, 2.75) is 20.8 Å². The van der Waals surface area contributed by atoms with Crippen molar-refractivity contribution >= 4 is 22.5 Å². The van der Waals surface area contributed by atoms with E-state index in [1.165, 1.54) is 20.8 Å². The lowest BCUT2D eigenvalue weighted by molar-refractivity contribution is -0.118. The van der Waals surface area contributed by atoms with Crippen LogP contribution in [0.25, 0.3) is 0 Å². The van der Waals surface area contributed by atoms with Crippen LogP contribution in [-0.4, -0.2) is 35.5 Å². The van der Waals surface area contributed by atoms with E-state index in [-0.39, 0.29) is 11.7 Å². The molecule has 0 rings (SSSR count). The van der Waals surface area contributed by atoms with Crippen LogP contribution in [-0.2, 0) is 20.4 Å². The van der Waals surface area contributed by atoms with Crippen molar-refractivity contribution in [3.05, 3.63) is 0 Å². The summed E-state index contributed by atoms with van der Waals surface area (Å²) in [6.07, 6.45) is 3.28. The first kappa shape index (κ1) is 18.2. The Morgan fingerprint density at radius 3 is 1.15 bits per heavy atom. The molecule has 0 aromatic carbocycles. The van der Waals surface area contributed by atoms with Crippen molar-refractivity contribution < 1.29 is 13.8 Å². The van der Waals surface area contributed by atoms with E-state index in [2.05, 4.69) is 5.32 Å². The zero-order valence-electron chi connectivity index (χ0n) is 9.13. The lowest BCUT2D eigenvalue weighted by Gasteiger charge is -1.80. The van der Waals surface area contributed by atoms with E-state index in [1.54, 1.807) is 19.6 Å². The molecule has 0 heterocycles. The van der Waals surface area contributed by atoms with E-state index in [4.69, 9.17) is 0 Å². The Labute approximate surface area is 82.6 Å². The molecule has 0 bridgehead atoms. The van der Waals surface area contributed by atoms with Crippen LogP contribution in [0.15, 0.2) is 0 Å². The first-order valence-corrected chi connectivity index (χ1v) is 5.61. The summed E-state index contributed by atoms with van der Waals surface area (Å²) >= 11 is 0. The molecule has 5 heteroatoms. The Kier molecular flexibility index (Phi) is 19.3. The monoisotopic (exact) mass is 209 g/mol. The van der Waals surface area contributed by atoms with Gasteiger partial charge in [-0.3, -0.25) is 9.00 Å². The molecule has 0 saturated carbocycles. The standard InChI is InChI=1S/C3H7NO.C3H6O.C2H6OS/c1-3(5)4-2;1-3(2)4;1-4(2)3/h1-2H3,(H,4,5);2*1-2H3. The van der Waals surface area contributed by atoms with Crippen molar-refractivity contribution in [2.75, 3.05) is 19.6 Å². The number of carbonyl (C=O) groups excluding carboxylic acids is 2. The van der Waals surface area contributed by atoms with Gasteiger partial charge in [-0.25, -0.2) is 0 Å². The second-order valence-electron chi connectivity index (χ2n) is 2.46. The zero-order chi connectivity index (χ0) is 11.4. The number of hydrogen-bond donors (Lipinski definition) is 1. The van der Waals surface area contributed by atoms with Gasteiger partial charge in [0.1, 0.15) is 5.78 Å². The predicted octanol–water partition coefficient (Wildman–Crippen LogP) is 0.342. The SMILES string of the molecule is CC(C)=O.CNC(C)=O.CS(C)=O. The van der Waals surface area contributed by atoms with Gasteiger partial charge in [0.05, 0.1) is 0 Å². The number of hydrogen-bond acceptors (Lipinski definition) is 3. The van der Waals surface area contributed by atoms with Gasteiger partial charge in [0, 0.05) is 37.3 Å². The number of Topliss-reactive ketones (excluding diaryl/α,β-unsaturated/α-hetero) is 1. The largest absolute Gasteiger partial charge is 0.359 e. The maximum absolute atomic E-state index is 9.70. The maximum Gasteiger partial charge on any atom is 0.216 e. The maximum atomic E-state index is 9.70. The van der Waals surface area contributed by atoms with Crippen molar-refractivity contribution in [3.63, 3.8) is 0 Å². The molecule has 0 spiro atoms. The molecule has 13 heavy (non-hydrogen) atoms. The van der Waals surface area contributed by atoms with Gasteiger partial charge in [0.25, 0.3) is 0 Å². The van der Waals surface area contributed by atoms with Crippen LogP contribution in [0.5, 0.6) is 0 Å². The minimum atomic E-state index is -0.611. The van der Waals surface area contributed by atoms with Crippen molar-refractivity contribution in [1.82, 2.24) is 5.32 Å². The molecule has 0 aliphatic rings. The van der Waals surface area contributed by atoms with E-state index in [1.807, 2.05) is 0 Å². The average molecular weight is 209 g/mol. The highest BCUT2D eigenvalue weighted by Crippen LogP contribution is 1.50. The molecule has 0 saturated heterocycles. The molecule has 0 radical (unpaired) electrons. The van der Waals surface area contributed by atoms with Crippen molar-refractivity contribution in [1.29, 1.82) is 0 Å². The number of ketones is 1. The number of amides is 1. The zero-order valence-corrected chi connectivity index (χ0v) is 9.95. The van der Waals surface area contributed by atoms with Gasteiger partial charge in [0.2, 0.25) is 5.91 Å². The Balaban J connectivity index is -0.000000117. The summed E-state index contributed by atoms with van der Waals surface area (Å²) in [6, 6.07) is 0. The summed E-state index contributed by atoms with van der Waals surface area (Å²) in [6.45, 7) is 4.53. The number of rotatable bonds is 0. The molecule has 0 atom stereocenters. The van der Waals surface area contributed by atoms with E-state index in [0.29, 0.717) is 0 Å². The highest BCUT2D eigenvalue weighted by molar-refractivity contribution is 7.83. The van der Waals surface area contributed by atoms with Crippen molar-refractivity contribution in [2.24, 2.45) is 0 Å². The fourth-order valence-corrected chi connectivity index (χ4v) is 0. The quantitative estimate of drug-likeness (QED) is 0.626. The number of carbonyl (C=O) groups is 2. The van der Waals surface area contributed by atoms with Gasteiger partial charge < -0.3 is 10.1 Å². The van der Waals surface area contributed by atoms with Crippen LogP contribution in [0.3, 0.4) is 0 Å². The second-order valence-corrected chi connectivity index (χ2v) is 3.94. The van der Waals surface area contributed by atoms with Crippen LogP contribution in [0.4, 0.5) is 0 Å². The molecule has 1 N–H and O–H groups in total. The Hall–Kier alpha value is -0.710. The second kappa shape index (κ2) is 13.9. The van der Waals surface area contributed by atoms with Gasteiger partial charge in [-0.2, -0.15) is 0 Å². The van der Waals surface area contributed by atoms with Gasteiger partial charge in [0.15, 0.2) is 0 Å². The van der Waals surface area contributed by atoms with Crippen LogP contribution >= 0.6 is 0 Å². The molecule has 1 amide bonds. The third-order valence-electron chi connectivity index (χ3n) is 0.352. The molecular formula is C8H19NO3S. The summed E-state index contributed by atoms with van der Waals surface area (Å²) in [4.78, 5) is 19.1. The van der Waals surface area contributed by atoms with Crippen LogP contribution in [0.1, 0.15) is 20.8 Å². The normalized spacial score (nSPS) is 7.31. The predicted molar refractivity (Wildman–Crippen MR) is 56.1 cm³/mol. The molecule has 0 aromatic rings. The molecular weight excluding hydrogens is 190 g/mol. The lowest BCUT2D eigenvalue weighted by Crippen LogP contribution is -2.11. The average Bonchev–Trinajstić information content (AvgIpc) is 1.84. The molecule has 0 aliphatic heterocycles. The molecule has 4 nitrogen and oxygen atoms in total. The highest BCUT2D eigenvalue weighted by Gasteiger charge is 1.72. The minimum absolute atomic E-state index is 0.00463. The summed E-state index contributed by atoms with van der Waals surface area (Å²) in [5, 5.41) is 2.39. The molecule has 0 unspecified atom stereocenters. The first-order chi connectivity index (χ1) is 5.73. The number of nitrogens with one attached hydrogen (secondary N) is 1. The van der Waals surface area contributed by atoms with E-state index < -0.39 is 10.8 Å². The smallest absolute Gasteiger partial charge is 0.216 e. The van der Waals surface area contributed by atoms with Crippen LogP contribution in [0.2, 0.25) is 0 Å². The Morgan fingerprint density at radius 1 is 1.08 bits per heavy atom. The summed E-state index contributed by atoms with van der Waals surface area (Å²) in [7, 11) is 0.988. The Morgan fingerprint density at radius 2 is 1.15 bits per heavy atom. The molecule has 0 fully saturated rings. The fourth-order valence-electron chi connectivity index (χ4n) is 0. The fraction of sp³-hybridized carbons (Fsp3) is 0.750. The van der Waals surface area contributed by atoms with Crippen LogP contribution in [0, 0.1) is 0 Å². The lowest BCUT2D eigenvalue weighted by atomic mass is 10.6. The van der Waals surface area contributed by atoms with E-state index in [0.717, 1.165) is 0 Å². The summed E-state index contributed by atoms with van der Waals surface area (Å²) in [5.41, 5.74) is 0. The van der Waals surface area contributed by atoms with Gasteiger partial charge in [-0.1, -0.05) is 0 Å². The third-order valence-corrected chi connectivity index (χ3v) is 0.352. The first-order valence-electron chi connectivity index (χ1n) is 3.64. The minimum Gasteiger partial charge on any atom is -0.359 e. The molecule has 0 aliphatic carbocycles. The van der Waals surface area contributed by atoms with Crippen molar-refractivity contribution in [3.8, 4) is 0 Å². The van der Waals surface area contributed by atoms with E-state index >= 15 is 0 Å². The summed E-state index contributed by atoms with van der Waals surface area (Å²) in [5.74, 6) is 0.171.